The molecule has 0 radical (unpaired) electrons. The van der Waals surface area contributed by atoms with E-state index in [9.17, 15) is 0 Å². The first-order valence-electron chi connectivity index (χ1n) is 6.94. The Labute approximate surface area is 114 Å². The maximum atomic E-state index is 4.66. The zero-order valence-corrected chi connectivity index (χ0v) is 12.0. The zero-order chi connectivity index (χ0) is 13.4. The molecule has 2 aromatic rings. The van der Waals surface area contributed by atoms with Crippen LogP contribution in [0.3, 0.4) is 0 Å². The number of aryl methyl sites for hydroxylation is 2. The van der Waals surface area contributed by atoms with Crippen molar-refractivity contribution >= 4 is 16.6 Å². The van der Waals surface area contributed by atoms with E-state index in [1.54, 1.807) is 0 Å². The average Bonchev–Trinajstić information content (AvgIpc) is 2.43. The molecule has 0 spiro atoms. The number of rotatable bonds is 1. The Hall–Kier alpha value is -1.61. The Morgan fingerprint density at radius 1 is 1.05 bits per heavy atom. The van der Waals surface area contributed by atoms with Crippen LogP contribution in [-0.2, 0) is 0 Å². The molecule has 1 saturated heterocycles. The van der Waals surface area contributed by atoms with Gasteiger partial charge in [0, 0.05) is 37.8 Å². The van der Waals surface area contributed by atoms with E-state index in [4.69, 9.17) is 0 Å². The van der Waals surface area contributed by atoms with E-state index in [0.717, 1.165) is 32.0 Å². The summed E-state index contributed by atoms with van der Waals surface area (Å²) in [7, 11) is 2.18. The molecule has 0 bridgehead atoms. The van der Waals surface area contributed by atoms with Gasteiger partial charge in [0.15, 0.2) is 0 Å². The first-order chi connectivity index (χ1) is 9.15. The number of nitrogens with zero attached hydrogens (tertiary/aromatic N) is 3. The standard InChI is InChI=1S/C16H21N3/c1-12-4-5-14-10-16(17-11-15(14)13(12)2)19-8-6-18(3)7-9-19/h4-5,10-11H,6-9H2,1-3H3. The number of benzene rings is 1. The molecule has 2 heterocycles. The Morgan fingerprint density at radius 2 is 1.79 bits per heavy atom. The van der Waals surface area contributed by atoms with Crippen molar-refractivity contribution in [2.24, 2.45) is 0 Å². The minimum atomic E-state index is 1.07. The summed E-state index contributed by atoms with van der Waals surface area (Å²) in [4.78, 5) is 9.41. The van der Waals surface area contributed by atoms with Crippen LogP contribution in [0.4, 0.5) is 5.82 Å². The van der Waals surface area contributed by atoms with Crippen LogP contribution in [0.5, 0.6) is 0 Å². The van der Waals surface area contributed by atoms with Crippen molar-refractivity contribution in [1.29, 1.82) is 0 Å². The highest BCUT2D eigenvalue weighted by molar-refractivity contribution is 5.87. The van der Waals surface area contributed by atoms with Crippen molar-refractivity contribution < 1.29 is 0 Å². The fourth-order valence-electron chi connectivity index (χ4n) is 2.67. The smallest absolute Gasteiger partial charge is 0.129 e. The zero-order valence-electron chi connectivity index (χ0n) is 12.0. The van der Waals surface area contributed by atoms with E-state index in [-0.39, 0.29) is 0 Å². The summed E-state index contributed by atoms with van der Waals surface area (Å²) in [5, 5.41) is 2.57. The van der Waals surface area contributed by atoms with Crippen LogP contribution in [0.2, 0.25) is 0 Å². The van der Waals surface area contributed by atoms with E-state index in [1.807, 2.05) is 6.20 Å². The fraction of sp³-hybridized carbons (Fsp3) is 0.438. The van der Waals surface area contributed by atoms with Gasteiger partial charge in [-0.1, -0.05) is 12.1 Å². The van der Waals surface area contributed by atoms with Crippen molar-refractivity contribution in [2.75, 3.05) is 38.1 Å². The normalized spacial score (nSPS) is 17.1. The molecule has 0 N–H and O–H groups in total. The van der Waals surface area contributed by atoms with Gasteiger partial charge in [0.2, 0.25) is 0 Å². The van der Waals surface area contributed by atoms with Crippen LogP contribution in [-0.4, -0.2) is 43.1 Å². The van der Waals surface area contributed by atoms with Gasteiger partial charge in [0.25, 0.3) is 0 Å². The predicted molar refractivity (Wildman–Crippen MR) is 80.9 cm³/mol. The molecule has 1 aromatic heterocycles. The van der Waals surface area contributed by atoms with E-state index < -0.39 is 0 Å². The van der Waals surface area contributed by atoms with Gasteiger partial charge in [0.05, 0.1) is 0 Å². The summed E-state index contributed by atoms with van der Waals surface area (Å²) >= 11 is 0. The molecule has 3 heteroatoms. The van der Waals surface area contributed by atoms with Crippen molar-refractivity contribution in [3.05, 3.63) is 35.5 Å². The molecule has 0 atom stereocenters. The first-order valence-corrected chi connectivity index (χ1v) is 6.94. The first kappa shape index (κ1) is 12.4. The van der Waals surface area contributed by atoms with Gasteiger partial charge in [-0.25, -0.2) is 4.98 Å². The Balaban J connectivity index is 1.96. The van der Waals surface area contributed by atoms with Gasteiger partial charge >= 0.3 is 0 Å². The molecular formula is C16H21N3. The van der Waals surface area contributed by atoms with Gasteiger partial charge in [-0.2, -0.15) is 0 Å². The molecule has 1 aliphatic heterocycles. The predicted octanol–water partition coefficient (Wildman–Crippen LogP) is 2.60. The number of likely N-dealkylation sites (N-methyl/N-ethyl adjacent to an activating group) is 1. The highest BCUT2D eigenvalue weighted by Crippen LogP contribution is 2.24. The highest BCUT2D eigenvalue weighted by atomic mass is 15.3. The molecule has 0 saturated carbocycles. The second kappa shape index (κ2) is 4.82. The van der Waals surface area contributed by atoms with Gasteiger partial charge in [-0.3, -0.25) is 0 Å². The van der Waals surface area contributed by atoms with E-state index in [1.165, 1.54) is 21.9 Å². The largest absolute Gasteiger partial charge is 0.354 e. The molecule has 100 valence electrons. The molecule has 0 amide bonds. The summed E-state index contributed by atoms with van der Waals surface area (Å²) in [6.45, 7) is 8.71. The van der Waals surface area contributed by atoms with Gasteiger partial charge in [0.1, 0.15) is 5.82 Å². The maximum absolute atomic E-state index is 4.66. The molecule has 1 aliphatic rings. The number of anilines is 1. The van der Waals surface area contributed by atoms with Gasteiger partial charge < -0.3 is 9.80 Å². The lowest BCUT2D eigenvalue weighted by Gasteiger charge is -2.33. The van der Waals surface area contributed by atoms with Crippen LogP contribution in [0.25, 0.3) is 10.8 Å². The molecule has 3 nitrogen and oxygen atoms in total. The lowest BCUT2D eigenvalue weighted by Crippen LogP contribution is -2.44. The Bertz CT molecular complexity index is 598. The summed E-state index contributed by atoms with van der Waals surface area (Å²) in [5.41, 5.74) is 2.68. The molecule has 0 aliphatic carbocycles. The maximum Gasteiger partial charge on any atom is 0.129 e. The van der Waals surface area contributed by atoms with Crippen LogP contribution in [0, 0.1) is 13.8 Å². The third-order valence-electron chi connectivity index (χ3n) is 4.26. The summed E-state index contributed by atoms with van der Waals surface area (Å²) in [6, 6.07) is 6.64. The second-order valence-corrected chi connectivity index (χ2v) is 5.56. The summed E-state index contributed by atoms with van der Waals surface area (Å²) < 4.78 is 0. The van der Waals surface area contributed by atoms with Gasteiger partial charge in [-0.05, 0) is 43.5 Å². The SMILES string of the molecule is Cc1ccc2cc(N3CCN(C)CC3)ncc2c1C. The summed E-state index contributed by atoms with van der Waals surface area (Å²) in [5.74, 6) is 1.11. The van der Waals surface area contributed by atoms with Crippen molar-refractivity contribution in [2.45, 2.75) is 13.8 Å². The lowest BCUT2D eigenvalue weighted by molar-refractivity contribution is 0.312. The number of pyridine rings is 1. The minimum Gasteiger partial charge on any atom is -0.354 e. The summed E-state index contributed by atoms with van der Waals surface area (Å²) in [6.07, 6.45) is 2.03. The van der Waals surface area contributed by atoms with Crippen molar-refractivity contribution in [1.82, 2.24) is 9.88 Å². The average molecular weight is 255 g/mol. The van der Waals surface area contributed by atoms with Crippen LogP contribution < -0.4 is 4.90 Å². The van der Waals surface area contributed by atoms with Crippen LogP contribution in [0.1, 0.15) is 11.1 Å². The third kappa shape index (κ3) is 2.30. The monoisotopic (exact) mass is 255 g/mol. The number of hydrogen-bond acceptors (Lipinski definition) is 3. The Morgan fingerprint density at radius 3 is 2.53 bits per heavy atom. The fourth-order valence-corrected chi connectivity index (χ4v) is 2.67. The quantitative estimate of drug-likeness (QED) is 0.781. The number of piperazine rings is 1. The Kier molecular flexibility index (Phi) is 3.15. The van der Waals surface area contributed by atoms with Crippen molar-refractivity contribution in [3.8, 4) is 0 Å². The molecule has 1 fully saturated rings. The van der Waals surface area contributed by atoms with Crippen molar-refractivity contribution in [3.63, 3.8) is 0 Å². The molecular weight excluding hydrogens is 234 g/mol. The third-order valence-corrected chi connectivity index (χ3v) is 4.26. The second-order valence-electron chi connectivity index (χ2n) is 5.56. The molecule has 3 rings (SSSR count). The van der Waals surface area contributed by atoms with E-state index >= 15 is 0 Å². The van der Waals surface area contributed by atoms with Crippen LogP contribution >= 0.6 is 0 Å². The van der Waals surface area contributed by atoms with Crippen LogP contribution in [0.15, 0.2) is 24.4 Å². The molecule has 0 unspecified atom stereocenters. The minimum absolute atomic E-state index is 1.07. The number of hydrogen-bond donors (Lipinski definition) is 0. The molecule has 19 heavy (non-hydrogen) atoms. The molecule has 1 aromatic carbocycles. The topological polar surface area (TPSA) is 19.4 Å². The van der Waals surface area contributed by atoms with E-state index in [0.29, 0.717) is 0 Å². The lowest BCUT2D eigenvalue weighted by atomic mass is 10.0. The van der Waals surface area contributed by atoms with E-state index in [2.05, 4.69) is 53.9 Å². The van der Waals surface area contributed by atoms with Gasteiger partial charge in [-0.15, -0.1) is 0 Å². The number of fused-ring (bicyclic) bond motifs is 1. The highest BCUT2D eigenvalue weighted by Gasteiger charge is 2.15. The number of aromatic nitrogens is 1.